The number of hydrogen-bond acceptors (Lipinski definition) is 3. The molecular formula is C9H15NO2. The molecule has 0 radical (unpaired) electrons. The lowest BCUT2D eigenvalue weighted by Gasteiger charge is -2.12. The molecule has 0 aliphatic rings. The molecule has 0 saturated heterocycles. The largest absolute Gasteiger partial charge is 0.468 e. The zero-order chi connectivity index (χ0) is 8.81. The molecule has 68 valence electrons. The van der Waals surface area contributed by atoms with E-state index < -0.39 is 0 Å². The first-order valence-corrected chi connectivity index (χ1v) is 4.29. The van der Waals surface area contributed by atoms with Gasteiger partial charge in [-0.15, -0.1) is 0 Å². The van der Waals surface area contributed by atoms with Crippen LogP contribution < -0.4 is 5.48 Å². The molecule has 0 saturated carbocycles. The van der Waals surface area contributed by atoms with Crippen LogP contribution in [0.15, 0.2) is 22.8 Å². The lowest BCUT2D eigenvalue weighted by atomic mass is 10.2. The van der Waals surface area contributed by atoms with Crippen molar-refractivity contribution >= 4 is 0 Å². The highest BCUT2D eigenvalue weighted by Gasteiger charge is 2.10. The number of furan rings is 1. The van der Waals surface area contributed by atoms with E-state index in [9.17, 15) is 0 Å². The first-order chi connectivity index (χ1) is 5.88. The van der Waals surface area contributed by atoms with Crippen molar-refractivity contribution in [3.63, 3.8) is 0 Å². The van der Waals surface area contributed by atoms with Crippen LogP contribution >= 0.6 is 0 Å². The van der Waals surface area contributed by atoms with Crippen LogP contribution in [0.3, 0.4) is 0 Å². The van der Waals surface area contributed by atoms with Crippen molar-refractivity contribution in [1.29, 1.82) is 0 Å². The molecule has 1 rings (SSSR count). The third kappa shape index (κ3) is 2.36. The summed E-state index contributed by atoms with van der Waals surface area (Å²) in [5.74, 6) is 0.922. The average Bonchev–Trinajstić information content (AvgIpc) is 2.59. The zero-order valence-corrected chi connectivity index (χ0v) is 7.54. The lowest BCUT2D eigenvalue weighted by molar-refractivity contribution is 0.0177. The molecule has 1 unspecified atom stereocenters. The summed E-state index contributed by atoms with van der Waals surface area (Å²) in [7, 11) is 0. The minimum absolute atomic E-state index is 0.167. The summed E-state index contributed by atoms with van der Waals surface area (Å²) in [5, 5.41) is 0. The zero-order valence-electron chi connectivity index (χ0n) is 7.54. The smallest absolute Gasteiger partial charge is 0.122 e. The third-order valence-electron chi connectivity index (χ3n) is 1.66. The molecule has 1 atom stereocenters. The van der Waals surface area contributed by atoms with Gasteiger partial charge in [-0.25, -0.2) is 0 Å². The summed E-state index contributed by atoms with van der Waals surface area (Å²) in [6, 6.07) is 3.99. The normalized spacial score (nSPS) is 13.2. The van der Waals surface area contributed by atoms with Gasteiger partial charge < -0.3 is 9.25 Å². The highest BCUT2D eigenvalue weighted by Crippen LogP contribution is 2.16. The van der Waals surface area contributed by atoms with E-state index in [1.807, 2.05) is 19.1 Å². The minimum atomic E-state index is 0.167. The van der Waals surface area contributed by atoms with Crippen LogP contribution in [0, 0.1) is 0 Å². The Kier molecular flexibility index (Phi) is 3.84. The molecule has 0 aliphatic carbocycles. The first kappa shape index (κ1) is 9.29. The van der Waals surface area contributed by atoms with Crippen molar-refractivity contribution in [2.75, 3.05) is 6.61 Å². The Hall–Kier alpha value is -0.800. The summed E-state index contributed by atoms with van der Waals surface area (Å²) in [5.41, 5.74) is 2.93. The second-order valence-corrected chi connectivity index (χ2v) is 2.53. The predicted octanol–water partition coefficient (Wildman–Crippen LogP) is 2.27. The first-order valence-electron chi connectivity index (χ1n) is 4.29. The molecule has 0 fully saturated rings. The fourth-order valence-corrected chi connectivity index (χ4v) is 1.02. The van der Waals surface area contributed by atoms with Gasteiger partial charge in [-0.3, -0.25) is 0 Å². The molecule has 1 aromatic rings. The van der Waals surface area contributed by atoms with Gasteiger partial charge in [0.1, 0.15) is 5.76 Å². The van der Waals surface area contributed by atoms with Gasteiger partial charge in [0, 0.05) is 0 Å². The van der Waals surface area contributed by atoms with Crippen molar-refractivity contribution in [1.82, 2.24) is 5.48 Å². The fourth-order valence-electron chi connectivity index (χ4n) is 1.02. The van der Waals surface area contributed by atoms with Gasteiger partial charge in [-0.1, -0.05) is 6.92 Å². The monoisotopic (exact) mass is 169 g/mol. The SMILES string of the molecule is CCONC(CC)c1ccco1. The van der Waals surface area contributed by atoms with Crippen LogP contribution in [0.5, 0.6) is 0 Å². The molecule has 1 aromatic heterocycles. The van der Waals surface area contributed by atoms with Crippen molar-refractivity contribution in [3.8, 4) is 0 Å². The molecule has 0 aliphatic heterocycles. The Morgan fingerprint density at radius 3 is 2.92 bits per heavy atom. The number of hydrogen-bond donors (Lipinski definition) is 1. The number of nitrogens with one attached hydrogen (secondary N) is 1. The van der Waals surface area contributed by atoms with Gasteiger partial charge in [0.05, 0.1) is 18.9 Å². The molecule has 0 amide bonds. The molecule has 3 nitrogen and oxygen atoms in total. The van der Waals surface area contributed by atoms with Crippen molar-refractivity contribution in [2.24, 2.45) is 0 Å². The minimum Gasteiger partial charge on any atom is -0.468 e. The molecule has 0 spiro atoms. The lowest BCUT2D eigenvalue weighted by Crippen LogP contribution is -2.20. The Bertz CT molecular complexity index is 196. The molecule has 1 heterocycles. The Balaban J connectivity index is 2.45. The van der Waals surface area contributed by atoms with Gasteiger partial charge in [0.25, 0.3) is 0 Å². The maximum Gasteiger partial charge on any atom is 0.122 e. The van der Waals surface area contributed by atoms with E-state index >= 15 is 0 Å². The molecule has 12 heavy (non-hydrogen) atoms. The van der Waals surface area contributed by atoms with E-state index in [-0.39, 0.29) is 6.04 Å². The van der Waals surface area contributed by atoms with Crippen LogP contribution in [0.25, 0.3) is 0 Å². The van der Waals surface area contributed by atoms with Gasteiger partial charge in [0.2, 0.25) is 0 Å². The van der Waals surface area contributed by atoms with Crippen LogP contribution in [-0.4, -0.2) is 6.61 Å². The molecule has 0 aromatic carbocycles. The van der Waals surface area contributed by atoms with E-state index in [1.54, 1.807) is 6.26 Å². The van der Waals surface area contributed by atoms with Gasteiger partial charge in [-0.2, -0.15) is 5.48 Å². The van der Waals surface area contributed by atoms with Crippen LogP contribution in [0.4, 0.5) is 0 Å². The highest BCUT2D eigenvalue weighted by atomic mass is 16.6. The highest BCUT2D eigenvalue weighted by molar-refractivity contribution is 5.03. The van der Waals surface area contributed by atoms with E-state index in [0.29, 0.717) is 6.61 Å². The Morgan fingerprint density at radius 2 is 2.42 bits per heavy atom. The summed E-state index contributed by atoms with van der Waals surface area (Å²) < 4.78 is 5.24. The standard InChI is InChI=1S/C9H15NO2/c1-3-8(10-12-4-2)9-6-5-7-11-9/h5-8,10H,3-4H2,1-2H3. The number of hydroxylamine groups is 1. The quantitative estimate of drug-likeness (QED) is 0.686. The summed E-state index contributed by atoms with van der Waals surface area (Å²) >= 11 is 0. The number of rotatable bonds is 5. The predicted molar refractivity (Wildman–Crippen MR) is 46.5 cm³/mol. The molecule has 3 heteroatoms. The summed E-state index contributed by atoms with van der Waals surface area (Å²) in [6.07, 6.45) is 2.62. The maximum atomic E-state index is 5.24. The van der Waals surface area contributed by atoms with E-state index in [1.165, 1.54) is 0 Å². The molecule has 1 N–H and O–H groups in total. The van der Waals surface area contributed by atoms with Crippen molar-refractivity contribution in [2.45, 2.75) is 26.3 Å². The average molecular weight is 169 g/mol. The van der Waals surface area contributed by atoms with Gasteiger partial charge >= 0.3 is 0 Å². The van der Waals surface area contributed by atoms with Crippen LogP contribution in [0.2, 0.25) is 0 Å². The molecular weight excluding hydrogens is 154 g/mol. The van der Waals surface area contributed by atoms with E-state index in [4.69, 9.17) is 9.25 Å². The van der Waals surface area contributed by atoms with E-state index in [2.05, 4.69) is 12.4 Å². The molecule has 0 bridgehead atoms. The van der Waals surface area contributed by atoms with E-state index in [0.717, 1.165) is 12.2 Å². The van der Waals surface area contributed by atoms with Crippen molar-refractivity contribution < 1.29 is 9.25 Å². The maximum absolute atomic E-state index is 5.24. The topological polar surface area (TPSA) is 34.4 Å². The Morgan fingerprint density at radius 1 is 1.58 bits per heavy atom. The second-order valence-electron chi connectivity index (χ2n) is 2.53. The summed E-state index contributed by atoms with van der Waals surface area (Å²) in [6.45, 7) is 4.69. The van der Waals surface area contributed by atoms with Gasteiger partial charge in [-0.05, 0) is 25.5 Å². The Labute approximate surface area is 72.7 Å². The van der Waals surface area contributed by atoms with Crippen LogP contribution in [0.1, 0.15) is 32.1 Å². The van der Waals surface area contributed by atoms with Crippen LogP contribution in [-0.2, 0) is 4.84 Å². The second kappa shape index (κ2) is 4.95. The summed E-state index contributed by atoms with van der Waals surface area (Å²) in [4.78, 5) is 5.10. The third-order valence-corrected chi connectivity index (χ3v) is 1.66. The van der Waals surface area contributed by atoms with Crippen molar-refractivity contribution in [3.05, 3.63) is 24.2 Å². The van der Waals surface area contributed by atoms with Gasteiger partial charge in [0.15, 0.2) is 0 Å². The fraction of sp³-hybridized carbons (Fsp3) is 0.556.